The van der Waals surface area contributed by atoms with Crippen LogP contribution in [0.4, 0.5) is 10.9 Å². The van der Waals surface area contributed by atoms with Crippen molar-refractivity contribution in [2.75, 3.05) is 17.2 Å². The first-order chi connectivity index (χ1) is 10.1. The Morgan fingerprint density at radius 2 is 2.14 bits per heavy atom. The summed E-state index contributed by atoms with van der Waals surface area (Å²) in [6.07, 6.45) is 4.03. The van der Waals surface area contributed by atoms with Gasteiger partial charge in [0, 0.05) is 11.9 Å². The summed E-state index contributed by atoms with van der Waals surface area (Å²) in [7, 11) is 0. The van der Waals surface area contributed by atoms with Gasteiger partial charge in [-0.2, -0.15) is 0 Å². The van der Waals surface area contributed by atoms with Crippen LogP contribution >= 0.6 is 11.3 Å². The van der Waals surface area contributed by atoms with Gasteiger partial charge in [-0.15, -0.1) is 11.3 Å². The van der Waals surface area contributed by atoms with Gasteiger partial charge in [0.05, 0.1) is 18.1 Å². The molecule has 7 heteroatoms. The van der Waals surface area contributed by atoms with Gasteiger partial charge < -0.3 is 5.32 Å². The smallest absolute Gasteiger partial charge is 0.277 e. The molecule has 21 heavy (non-hydrogen) atoms. The highest BCUT2D eigenvalue weighted by Crippen LogP contribution is 2.21. The Hall–Kier alpha value is -2.02. The van der Waals surface area contributed by atoms with Crippen LogP contribution in [0.2, 0.25) is 0 Å². The molecule has 2 aromatic rings. The first-order valence-electron chi connectivity index (χ1n) is 6.92. The van der Waals surface area contributed by atoms with E-state index in [1.54, 1.807) is 6.20 Å². The number of aromatic nitrogens is 3. The molecule has 0 aliphatic carbocycles. The highest BCUT2D eigenvalue weighted by molar-refractivity contribution is 7.14. The molecule has 0 saturated carbocycles. The molecule has 0 aliphatic heterocycles. The van der Waals surface area contributed by atoms with Gasteiger partial charge in [0.25, 0.3) is 5.91 Å². The fourth-order valence-electron chi connectivity index (χ4n) is 1.58. The van der Waals surface area contributed by atoms with Gasteiger partial charge in [-0.25, -0.2) is 9.97 Å². The average molecular weight is 305 g/mol. The molecular weight excluding hydrogens is 286 g/mol. The summed E-state index contributed by atoms with van der Waals surface area (Å²) in [5.74, 6) is 0.645. The number of hydrogen-bond acceptors (Lipinski definition) is 6. The minimum absolute atomic E-state index is 0.275. The van der Waals surface area contributed by atoms with Crippen molar-refractivity contribution in [3.8, 4) is 0 Å². The lowest BCUT2D eigenvalue weighted by molar-refractivity contribution is 0.102. The van der Waals surface area contributed by atoms with E-state index in [2.05, 4.69) is 46.4 Å². The maximum Gasteiger partial charge on any atom is 0.277 e. The number of carbonyl (C=O) groups is 1. The number of thiazole rings is 1. The van der Waals surface area contributed by atoms with Crippen LogP contribution in [0.5, 0.6) is 0 Å². The Bertz CT molecular complexity index is 611. The van der Waals surface area contributed by atoms with Gasteiger partial charge in [0.2, 0.25) is 0 Å². The van der Waals surface area contributed by atoms with E-state index in [-0.39, 0.29) is 11.6 Å². The largest absolute Gasteiger partial charge is 0.369 e. The topological polar surface area (TPSA) is 79.8 Å². The first kappa shape index (κ1) is 15.4. The molecule has 0 spiro atoms. The predicted molar refractivity (Wildman–Crippen MR) is 85.0 cm³/mol. The van der Waals surface area contributed by atoms with Gasteiger partial charge in [-0.05, 0) is 12.3 Å². The first-order valence-corrected chi connectivity index (χ1v) is 7.80. The Morgan fingerprint density at radius 1 is 1.33 bits per heavy atom. The summed E-state index contributed by atoms with van der Waals surface area (Å²) < 4.78 is 0. The summed E-state index contributed by atoms with van der Waals surface area (Å²) in [5.41, 5.74) is 1.25. The summed E-state index contributed by atoms with van der Waals surface area (Å²) in [6, 6.07) is 0. The molecule has 2 aromatic heterocycles. The molecule has 6 nitrogen and oxygen atoms in total. The quantitative estimate of drug-likeness (QED) is 0.857. The van der Waals surface area contributed by atoms with Crippen molar-refractivity contribution in [3.05, 3.63) is 29.2 Å². The summed E-state index contributed by atoms with van der Waals surface area (Å²) >= 11 is 1.41. The molecule has 0 bridgehead atoms. The second-order valence-electron chi connectivity index (χ2n) is 4.90. The van der Waals surface area contributed by atoms with Crippen molar-refractivity contribution in [2.45, 2.75) is 33.1 Å². The molecule has 0 atom stereocenters. The zero-order valence-electron chi connectivity index (χ0n) is 12.4. The number of amides is 1. The van der Waals surface area contributed by atoms with Crippen molar-refractivity contribution in [2.24, 2.45) is 0 Å². The third kappa shape index (κ3) is 4.22. The molecule has 0 aliphatic rings. The maximum absolute atomic E-state index is 12.1. The van der Waals surface area contributed by atoms with E-state index in [0.717, 1.165) is 18.7 Å². The van der Waals surface area contributed by atoms with E-state index in [1.807, 2.05) is 5.38 Å². The molecule has 0 aromatic carbocycles. The lowest BCUT2D eigenvalue weighted by Gasteiger charge is -2.05. The molecule has 2 rings (SSSR count). The van der Waals surface area contributed by atoms with Crippen LogP contribution in [0.1, 0.15) is 49.3 Å². The number of nitrogens with one attached hydrogen (secondary N) is 2. The molecule has 1 amide bonds. The molecular formula is C14H19N5OS. The zero-order valence-corrected chi connectivity index (χ0v) is 13.2. The average Bonchev–Trinajstić information content (AvgIpc) is 2.94. The lowest BCUT2D eigenvalue weighted by Crippen LogP contribution is -2.15. The molecule has 0 unspecified atom stereocenters. The van der Waals surface area contributed by atoms with Gasteiger partial charge in [-0.3, -0.25) is 15.1 Å². The van der Waals surface area contributed by atoms with E-state index in [9.17, 15) is 4.79 Å². The monoisotopic (exact) mass is 305 g/mol. The number of rotatable bonds is 6. The van der Waals surface area contributed by atoms with Crippen molar-refractivity contribution in [3.63, 3.8) is 0 Å². The van der Waals surface area contributed by atoms with Crippen LogP contribution in [-0.2, 0) is 0 Å². The highest BCUT2D eigenvalue weighted by atomic mass is 32.1. The van der Waals surface area contributed by atoms with E-state index in [4.69, 9.17) is 0 Å². The highest BCUT2D eigenvalue weighted by Gasteiger charge is 2.12. The lowest BCUT2D eigenvalue weighted by atomic mass is 10.2. The standard InChI is InChI=1S/C14H19N5OS/c1-4-5-16-12-7-15-6-10(17-12)13(20)19-14-18-11(8-21-14)9(2)3/h6-9H,4-5H2,1-3H3,(H,16,17)(H,18,19,20). The number of nitrogens with zero attached hydrogens (tertiary/aromatic N) is 3. The van der Waals surface area contributed by atoms with Crippen LogP contribution < -0.4 is 10.6 Å². The SMILES string of the molecule is CCCNc1cncc(C(=O)Nc2nc(C(C)C)cs2)n1. The maximum atomic E-state index is 12.1. The van der Waals surface area contributed by atoms with Crippen molar-refractivity contribution in [1.82, 2.24) is 15.0 Å². The minimum Gasteiger partial charge on any atom is -0.369 e. The van der Waals surface area contributed by atoms with Gasteiger partial charge in [0.1, 0.15) is 11.5 Å². The van der Waals surface area contributed by atoms with Crippen molar-refractivity contribution < 1.29 is 4.79 Å². The Labute approximate surface area is 128 Å². The normalized spacial score (nSPS) is 10.7. The Morgan fingerprint density at radius 3 is 2.81 bits per heavy atom. The minimum atomic E-state index is -0.299. The molecule has 112 valence electrons. The van der Waals surface area contributed by atoms with Crippen LogP contribution in [0.25, 0.3) is 0 Å². The molecule has 2 N–H and O–H groups in total. The molecule has 0 fully saturated rings. The zero-order chi connectivity index (χ0) is 15.2. The third-order valence-electron chi connectivity index (χ3n) is 2.76. The molecule has 2 heterocycles. The van der Waals surface area contributed by atoms with Crippen LogP contribution in [-0.4, -0.2) is 27.4 Å². The van der Waals surface area contributed by atoms with E-state index >= 15 is 0 Å². The van der Waals surface area contributed by atoms with Crippen LogP contribution in [0, 0.1) is 0 Å². The summed E-state index contributed by atoms with van der Waals surface area (Å²) in [5, 5.41) is 8.39. The third-order valence-corrected chi connectivity index (χ3v) is 3.53. The second kappa shape index (κ2) is 7.12. The van der Waals surface area contributed by atoms with E-state index < -0.39 is 0 Å². The summed E-state index contributed by atoms with van der Waals surface area (Å²) in [4.78, 5) is 24.8. The van der Waals surface area contributed by atoms with Gasteiger partial charge >= 0.3 is 0 Å². The van der Waals surface area contributed by atoms with E-state index in [0.29, 0.717) is 16.9 Å². The molecule has 0 saturated heterocycles. The van der Waals surface area contributed by atoms with Crippen molar-refractivity contribution >= 4 is 28.2 Å². The fourth-order valence-corrected chi connectivity index (χ4v) is 2.45. The van der Waals surface area contributed by atoms with E-state index in [1.165, 1.54) is 17.5 Å². The fraction of sp³-hybridized carbons (Fsp3) is 0.429. The van der Waals surface area contributed by atoms with Crippen LogP contribution in [0.15, 0.2) is 17.8 Å². The van der Waals surface area contributed by atoms with Crippen LogP contribution in [0.3, 0.4) is 0 Å². The number of anilines is 2. The van der Waals surface area contributed by atoms with Gasteiger partial charge in [-0.1, -0.05) is 20.8 Å². The second-order valence-corrected chi connectivity index (χ2v) is 5.76. The Kier molecular flexibility index (Phi) is 5.21. The number of hydrogen-bond donors (Lipinski definition) is 2. The Balaban J connectivity index is 2.05. The predicted octanol–water partition coefficient (Wildman–Crippen LogP) is 3.13. The van der Waals surface area contributed by atoms with Crippen molar-refractivity contribution in [1.29, 1.82) is 0 Å². The number of carbonyl (C=O) groups excluding carboxylic acids is 1. The molecule has 0 radical (unpaired) electrons. The van der Waals surface area contributed by atoms with Gasteiger partial charge in [0.15, 0.2) is 5.13 Å². The summed E-state index contributed by atoms with van der Waals surface area (Å²) in [6.45, 7) is 6.99.